The molecule has 2 N–H and O–H groups in total. The zero-order valence-corrected chi connectivity index (χ0v) is 13.8. The third-order valence-corrected chi connectivity index (χ3v) is 3.71. The predicted octanol–water partition coefficient (Wildman–Crippen LogP) is 3.89. The molecule has 0 spiro atoms. The quantitative estimate of drug-likeness (QED) is 0.382. The summed E-state index contributed by atoms with van der Waals surface area (Å²) in [6.07, 6.45) is 4.87. The van der Waals surface area contributed by atoms with Crippen LogP contribution in [-0.2, 0) is 0 Å². The molecule has 0 bridgehead atoms. The lowest BCUT2D eigenvalue weighted by Crippen LogP contribution is -2.09. The number of aromatic nitrogens is 3. The second-order valence-corrected chi connectivity index (χ2v) is 5.46. The van der Waals surface area contributed by atoms with E-state index in [4.69, 9.17) is 0 Å². The number of pyridine rings is 1. The van der Waals surface area contributed by atoms with E-state index in [9.17, 15) is 10.1 Å². The number of benzene rings is 1. The highest BCUT2D eigenvalue weighted by Gasteiger charge is 2.23. The largest absolute Gasteiger partial charge is 0.364 e. The Morgan fingerprint density at radius 1 is 1.12 bits per heavy atom. The number of rotatable bonds is 7. The monoisotopic (exact) mass is 338 g/mol. The van der Waals surface area contributed by atoms with Crippen LogP contribution in [0.15, 0.2) is 42.9 Å². The van der Waals surface area contributed by atoms with Crippen molar-refractivity contribution in [2.24, 2.45) is 0 Å². The van der Waals surface area contributed by atoms with Crippen molar-refractivity contribution < 1.29 is 4.92 Å². The second-order valence-electron chi connectivity index (χ2n) is 5.46. The van der Waals surface area contributed by atoms with Gasteiger partial charge in [-0.05, 0) is 18.6 Å². The van der Waals surface area contributed by atoms with Gasteiger partial charge in [-0.1, -0.05) is 31.5 Å². The van der Waals surface area contributed by atoms with Crippen molar-refractivity contribution in [2.45, 2.75) is 19.8 Å². The smallest absolute Gasteiger partial charge is 0.353 e. The van der Waals surface area contributed by atoms with Gasteiger partial charge in [-0.15, -0.1) is 0 Å². The fourth-order valence-corrected chi connectivity index (χ4v) is 2.49. The van der Waals surface area contributed by atoms with Crippen LogP contribution < -0.4 is 10.6 Å². The van der Waals surface area contributed by atoms with E-state index >= 15 is 0 Å². The van der Waals surface area contributed by atoms with E-state index in [0.717, 1.165) is 23.7 Å². The maximum Gasteiger partial charge on any atom is 0.353 e. The standard InChI is InChI=1S/C17H18N6O2/c1-2-3-9-19-16-15(23(24)25)17(21-11-20-16)22-13-8-4-6-12-7-5-10-18-14(12)13/h4-8,10-11H,2-3,9H2,1H3,(H2,19,20,21,22). The molecule has 25 heavy (non-hydrogen) atoms. The van der Waals surface area contributed by atoms with E-state index in [-0.39, 0.29) is 17.3 Å². The molecule has 0 aliphatic rings. The molecule has 0 aliphatic heterocycles. The number of hydrogen-bond donors (Lipinski definition) is 2. The molecule has 0 unspecified atom stereocenters. The van der Waals surface area contributed by atoms with Gasteiger partial charge in [-0.25, -0.2) is 9.97 Å². The van der Waals surface area contributed by atoms with Gasteiger partial charge in [-0.3, -0.25) is 15.1 Å². The number of hydrogen-bond acceptors (Lipinski definition) is 7. The molecule has 2 aromatic heterocycles. The molecule has 3 rings (SSSR count). The summed E-state index contributed by atoms with van der Waals surface area (Å²) in [7, 11) is 0. The van der Waals surface area contributed by atoms with Gasteiger partial charge in [0.05, 0.1) is 16.1 Å². The maximum absolute atomic E-state index is 11.6. The first kappa shape index (κ1) is 16.6. The third kappa shape index (κ3) is 3.63. The lowest BCUT2D eigenvalue weighted by atomic mass is 10.2. The highest BCUT2D eigenvalue weighted by molar-refractivity contribution is 5.92. The topological polar surface area (TPSA) is 106 Å². The van der Waals surface area contributed by atoms with Gasteiger partial charge in [0.25, 0.3) is 0 Å². The van der Waals surface area contributed by atoms with Gasteiger partial charge in [0, 0.05) is 18.1 Å². The van der Waals surface area contributed by atoms with Crippen molar-refractivity contribution in [1.82, 2.24) is 15.0 Å². The van der Waals surface area contributed by atoms with E-state index < -0.39 is 4.92 Å². The molecule has 8 heteroatoms. The molecular weight excluding hydrogens is 320 g/mol. The van der Waals surface area contributed by atoms with Gasteiger partial charge in [0.2, 0.25) is 11.6 Å². The van der Waals surface area contributed by atoms with Crippen LogP contribution in [0.5, 0.6) is 0 Å². The van der Waals surface area contributed by atoms with Crippen LogP contribution in [0.25, 0.3) is 10.9 Å². The van der Waals surface area contributed by atoms with E-state index in [2.05, 4.69) is 32.5 Å². The molecule has 0 saturated carbocycles. The van der Waals surface area contributed by atoms with Crippen LogP contribution in [0.1, 0.15) is 19.8 Å². The van der Waals surface area contributed by atoms with E-state index in [1.54, 1.807) is 6.20 Å². The summed E-state index contributed by atoms with van der Waals surface area (Å²) in [5, 5.41) is 18.5. The fourth-order valence-electron chi connectivity index (χ4n) is 2.49. The Morgan fingerprint density at radius 2 is 1.92 bits per heavy atom. The Bertz CT molecular complexity index is 894. The minimum atomic E-state index is -0.477. The number of fused-ring (bicyclic) bond motifs is 1. The first-order valence-corrected chi connectivity index (χ1v) is 8.04. The summed E-state index contributed by atoms with van der Waals surface area (Å²) in [4.78, 5) is 23.5. The molecule has 128 valence electrons. The molecule has 0 saturated heterocycles. The highest BCUT2D eigenvalue weighted by atomic mass is 16.6. The van der Waals surface area contributed by atoms with Gasteiger partial charge in [0.1, 0.15) is 6.33 Å². The minimum Gasteiger partial charge on any atom is -0.364 e. The zero-order valence-electron chi connectivity index (χ0n) is 13.8. The van der Waals surface area contributed by atoms with Gasteiger partial charge in [-0.2, -0.15) is 0 Å². The molecule has 8 nitrogen and oxygen atoms in total. The minimum absolute atomic E-state index is 0.136. The second kappa shape index (κ2) is 7.52. The van der Waals surface area contributed by atoms with Crippen molar-refractivity contribution >= 4 is 33.9 Å². The number of nitro groups is 1. The van der Waals surface area contributed by atoms with Gasteiger partial charge >= 0.3 is 5.69 Å². The molecule has 0 atom stereocenters. The van der Waals surface area contributed by atoms with Crippen LogP contribution in [0.4, 0.5) is 23.0 Å². The van der Waals surface area contributed by atoms with Crippen molar-refractivity contribution in [3.05, 3.63) is 53.0 Å². The van der Waals surface area contributed by atoms with Crippen molar-refractivity contribution in [1.29, 1.82) is 0 Å². The van der Waals surface area contributed by atoms with Crippen LogP contribution in [-0.4, -0.2) is 26.4 Å². The first-order valence-electron chi connectivity index (χ1n) is 8.04. The first-order chi connectivity index (χ1) is 12.2. The molecule has 1 aromatic carbocycles. The Morgan fingerprint density at radius 3 is 2.72 bits per heavy atom. The molecule has 0 amide bonds. The van der Waals surface area contributed by atoms with E-state index in [1.807, 2.05) is 30.3 Å². The number of nitrogens with zero attached hydrogens (tertiary/aromatic N) is 4. The normalized spacial score (nSPS) is 10.6. The number of unbranched alkanes of at least 4 members (excludes halogenated alkanes) is 1. The van der Waals surface area contributed by atoms with Crippen LogP contribution in [0.2, 0.25) is 0 Å². The summed E-state index contributed by atoms with van der Waals surface area (Å²) in [5.41, 5.74) is 1.20. The fraction of sp³-hybridized carbons (Fsp3) is 0.235. The van der Waals surface area contributed by atoms with Crippen molar-refractivity contribution in [2.75, 3.05) is 17.2 Å². The average Bonchev–Trinajstić information content (AvgIpc) is 2.62. The Hall–Kier alpha value is -3.29. The number of nitrogens with one attached hydrogen (secondary N) is 2. The average molecular weight is 338 g/mol. The molecule has 0 fully saturated rings. The van der Waals surface area contributed by atoms with E-state index in [0.29, 0.717) is 12.2 Å². The maximum atomic E-state index is 11.6. The zero-order chi connectivity index (χ0) is 17.6. The summed E-state index contributed by atoms with van der Waals surface area (Å²) in [6, 6.07) is 9.37. The molecular formula is C17H18N6O2. The Kier molecular flexibility index (Phi) is 4.98. The van der Waals surface area contributed by atoms with Crippen LogP contribution in [0, 0.1) is 10.1 Å². The summed E-state index contributed by atoms with van der Waals surface area (Å²) >= 11 is 0. The van der Waals surface area contributed by atoms with Crippen LogP contribution >= 0.6 is 0 Å². The van der Waals surface area contributed by atoms with Gasteiger partial charge in [0.15, 0.2) is 0 Å². The lowest BCUT2D eigenvalue weighted by molar-refractivity contribution is -0.383. The summed E-state index contributed by atoms with van der Waals surface area (Å²) in [6.45, 7) is 2.67. The SMILES string of the molecule is CCCCNc1ncnc(Nc2cccc3cccnc23)c1[N+](=O)[O-]. The third-order valence-electron chi connectivity index (χ3n) is 3.71. The molecule has 0 radical (unpaired) electrons. The highest BCUT2D eigenvalue weighted by Crippen LogP contribution is 2.32. The number of para-hydroxylation sites is 1. The molecule has 2 heterocycles. The van der Waals surface area contributed by atoms with E-state index in [1.165, 1.54) is 6.33 Å². The lowest BCUT2D eigenvalue weighted by Gasteiger charge is -2.11. The molecule has 3 aromatic rings. The Labute approximate surface area is 144 Å². The van der Waals surface area contributed by atoms with Crippen molar-refractivity contribution in [3.63, 3.8) is 0 Å². The summed E-state index contributed by atoms with van der Waals surface area (Å²) in [5.74, 6) is 0.348. The van der Waals surface area contributed by atoms with Gasteiger partial charge < -0.3 is 10.6 Å². The number of anilines is 3. The van der Waals surface area contributed by atoms with Crippen LogP contribution in [0.3, 0.4) is 0 Å². The predicted molar refractivity (Wildman–Crippen MR) is 97.1 cm³/mol. The summed E-state index contributed by atoms with van der Waals surface area (Å²) < 4.78 is 0. The Balaban J connectivity index is 1.99. The van der Waals surface area contributed by atoms with Crippen molar-refractivity contribution in [3.8, 4) is 0 Å². The molecule has 0 aliphatic carbocycles.